The maximum Gasteiger partial charge on any atom is 0.399 e. The van der Waals surface area contributed by atoms with Crippen LogP contribution < -0.4 is 21.7 Å². The van der Waals surface area contributed by atoms with Crippen LogP contribution in [0.25, 0.3) is 10.9 Å². The molecule has 6 amide bonds. The molecule has 0 bridgehead atoms. The van der Waals surface area contributed by atoms with Gasteiger partial charge in [0.1, 0.15) is 23.8 Å². The van der Waals surface area contributed by atoms with Gasteiger partial charge in [-0.1, -0.05) is 66.7 Å². The molecule has 1 unspecified atom stereocenters. The summed E-state index contributed by atoms with van der Waals surface area (Å²) in [6.07, 6.45) is 0.505. The number of hydrogen-bond acceptors (Lipinski definition) is 7. The van der Waals surface area contributed by atoms with Crippen molar-refractivity contribution in [3.8, 4) is 0 Å². The predicted octanol–water partition coefficient (Wildman–Crippen LogP) is 2.76. The van der Waals surface area contributed by atoms with E-state index in [-0.39, 0.29) is 54.9 Å². The van der Waals surface area contributed by atoms with Crippen LogP contribution in [0.1, 0.15) is 72.2 Å². The zero-order valence-electron chi connectivity index (χ0n) is 31.8. The predicted molar refractivity (Wildman–Crippen MR) is 209 cm³/mol. The summed E-state index contributed by atoms with van der Waals surface area (Å²) in [5.74, 6) is -3.87. The molecule has 59 heavy (non-hydrogen) atoms. The SMILES string of the molecule is CC(=O)N1CCC2CC[C@@H](C(=O)N[C@@H](CCC(N)=O)C(=O)NC(c3ccccc3)c3ccccc3)N2C(=O)[C@@H](NC(=O)c2cc3cc(C(F)(F)P(=O)(O)O)ccc3[nH]2)C1. The number of benzene rings is 3. The Hall–Kier alpha value is -5.97. The van der Waals surface area contributed by atoms with E-state index in [1.807, 2.05) is 60.7 Å². The zero-order valence-corrected chi connectivity index (χ0v) is 32.7. The van der Waals surface area contributed by atoms with Crippen LogP contribution in [0, 0.1) is 0 Å². The highest BCUT2D eigenvalue weighted by molar-refractivity contribution is 7.52. The van der Waals surface area contributed by atoms with E-state index < -0.39 is 78.6 Å². The van der Waals surface area contributed by atoms with E-state index >= 15 is 0 Å². The third-order valence-corrected chi connectivity index (χ3v) is 11.7. The number of fused-ring (bicyclic) bond motifs is 2. The summed E-state index contributed by atoms with van der Waals surface area (Å²) < 4.78 is 40.3. The van der Waals surface area contributed by atoms with Crippen molar-refractivity contribution < 1.29 is 51.9 Å². The molecule has 2 fully saturated rings. The molecule has 6 rings (SSSR count). The second-order valence-corrected chi connectivity index (χ2v) is 16.3. The van der Waals surface area contributed by atoms with Crippen molar-refractivity contribution in [2.24, 2.45) is 5.73 Å². The Morgan fingerprint density at radius 3 is 2.17 bits per heavy atom. The molecule has 16 nitrogen and oxygen atoms in total. The molecule has 3 heterocycles. The molecule has 2 saturated heterocycles. The average molecular weight is 836 g/mol. The number of halogens is 2. The number of H-pyrrole nitrogens is 1. The van der Waals surface area contributed by atoms with Crippen LogP contribution in [0.4, 0.5) is 8.78 Å². The molecule has 2 aliphatic rings. The molecule has 0 saturated carbocycles. The summed E-state index contributed by atoms with van der Waals surface area (Å²) in [5.41, 5.74) is 1.52. The van der Waals surface area contributed by atoms with Gasteiger partial charge >= 0.3 is 13.3 Å². The van der Waals surface area contributed by atoms with Gasteiger partial charge in [0, 0.05) is 48.9 Å². The Morgan fingerprint density at radius 1 is 0.932 bits per heavy atom. The first-order valence-corrected chi connectivity index (χ1v) is 20.5. The summed E-state index contributed by atoms with van der Waals surface area (Å²) in [6, 6.07) is 17.4. The normalized spacial score (nSPS) is 19.1. The van der Waals surface area contributed by atoms with Gasteiger partial charge in [0.05, 0.1) is 6.04 Å². The maximum absolute atomic E-state index is 14.4. The number of hydrogen-bond donors (Lipinski definition) is 7. The first-order chi connectivity index (χ1) is 27.9. The summed E-state index contributed by atoms with van der Waals surface area (Å²) >= 11 is 0. The van der Waals surface area contributed by atoms with Crippen molar-refractivity contribution in [3.05, 3.63) is 107 Å². The van der Waals surface area contributed by atoms with E-state index in [4.69, 9.17) is 5.73 Å². The van der Waals surface area contributed by atoms with Crippen LogP contribution in [0.15, 0.2) is 84.9 Å². The van der Waals surface area contributed by atoms with Gasteiger partial charge in [0.2, 0.25) is 29.5 Å². The van der Waals surface area contributed by atoms with Crippen LogP contribution in [-0.2, 0) is 34.2 Å². The first-order valence-electron chi connectivity index (χ1n) is 18.9. The fourth-order valence-corrected chi connectivity index (χ4v) is 8.06. The number of carbonyl (C=O) groups excluding carboxylic acids is 6. The second-order valence-electron chi connectivity index (χ2n) is 14.7. The Labute approximate surface area is 337 Å². The molecule has 0 aliphatic carbocycles. The third kappa shape index (κ3) is 9.51. The topological polar surface area (TPSA) is 244 Å². The summed E-state index contributed by atoms with van der Waals surface area (Å²) in [5, 5.41) is 8.38. The number of aromatic amines is 1. The number of alkyl halides is 2. The monoisotopic (exact) mass is 835 g/mol. The molecule has 312 valence electrons. The summed E-state index contributed by atoms with van der Waals surface area (Å²) in [4.78, 5) is 105. The van der Waals surface area contributed by atoms with Gasteiger partial charge in [-0.25, -0.2) is 0 Å². The molecule has 4 atom stereocenters. The standard InChI is InChI=1S/C40H44F2N7O9P/c1-23(50)48-19-18-28-13-16-33(38(54)45-30(15-17-34(43)51)36(52)47-35(24-8-4-2-5-9-24)25-10-6-3-7-11-25)49(28)39(55)32(22-48)46-37(53)31-21-26-20-27(12-14-29(26)44-31)40(41,42)59(56,57)58/h2-12,14,20-21,28,30,32-33,35,44H,13,15-19,22H2,1H3,(H2,43,51)(H,45,54)(H,46,53)(H,47,52)(H2,56,57,58)/t28?,30-,32-,33-/m0/s1. The molecular weight excluding hydrogens is 791 g/mol. The van der Waals surface area contributed by atoms with Crippen molar-refractivity contribution in [2.75, 3.05) is 13.1 Å². The van der Waals surface area contributed by atoms with Gasteiger partial charge < -0.3 is 46.3 Å². The lowest BCUT2D eigenvalue weighted by atomic mass is 9.98. The molecule has 19 heteroatoms. The van der Waals surface area contributed by atoms with Crippen LogP contribution >= 0.6 is 7.60 Å². The van der Waals surface area contributed by atoms with Crippen LogP contribution in [0.5, 0.6) is 0 Å². The fraction of sp³-hybridized carbons (Fsp3) is 0.350. The lowest BCUT2D eigenvalue weighted by molar-refractivity contribution is -0.145. The zero-order chi connectivity index (χ0) is 42.6. The third-order valence-electron chi connectivity index (χ3n) is 10.7. The number of nitrogens with one attached hydrogen (secondary N) is 4. The Kier molecular flexibility index (Phi) is 12.6. The van der Waals surface area contributed by atoms with Crippen LogP contribution in [-0.4, -0.2) is 97.3 Å². The van der Waals surface area contributed by atoms with Crippen molar-refractivity contribution in [2.45, 2.75) is 74.9 Å². The Balaban J connectivity index is 1.23. The lowest BCUT2D eigenvalue weighted by Crippen LogP contribution is -2.62. The number of carbonyl (C=O) groups is 6. The van der Waals surface area contributed by atoms with E-state index in [9.17, 15) is 51.9 Å². The van der Waals surface area contributed by atoms with Gasteiger partial charge in [-0.3, -0.25) is 33.3 Å². The summed E-state index contributed by atoms with van der Waals surface area (Å²) in [6.45, 7) is 1.24. The molecule has 8 N–H and O–H groups in total. The van der Waals surface area contributed by atoms with Gasteiger partial charge in [-0.05, 0) is 55.0 Å². The highest BCUT2D eigenvalue weighted by atomic mass is 31.2. The van der Waals surface area contributed by atoms with E-state index in [1.165, 1.54) is 22.8 Å². The molecule has 3 aromatic carbocycles. The first kappa shape index (κ1) is 42.6. The molecule has 0 spiro atoms. The second kappa shape index (κ2) is 17.5. The quantitative estimate of drug-likeness (QED) is 0.0978. The van der Waals surface area contributed by atoms with Crippen molar-refractivity contribution >= 4 is 53.9 Å². The lowest BCUT2D eigenvalue weighted by Gasteiger charge is -2.38. The van der Waals surface area contributed by atoms with Crippen molar-refractivity contribution in [1.82, 2.24) is 30.7 Å². The van der Waals surface area contributed by atoms with Crippen molar-refractivity contribution in [1.29, 1.82) is 0 Å². The molecule has 1 aromatic heterocycles. The highest BCUT2D eigenvalue weighted by Gasteiger charge is 2.50. The number of nitrogens with two attached hydrogens (primary N) is 1. The number of nitrogens with zero attached hydrogens (tertiary/aromatic N) is 2. The van der Waals surface area contributed by atoms with Crippen LogP contribution in [0.3, 0.4) is 0 Å². The smallest absolute Gasteiger partial charge is 0.370 e. The number of rotatable bonds is 13. The fourth-order valence-electron chi connectivity index (χ4n) is 7.59. The molecule has 0 radical (unpaired) electrons. The van der Waals surface area contributed by atoms with Crippen LogP contribution in [0.2, 0.25) is 0 Å². The minimum Gasteiger partial charge on any atom is -0.370 e. The van der Waals surface area contributed by atoms with E-state index in [1.54, 1.807) is 0 Å². The summed E-state index contributed by atoms with van der Waals surface area (Å²) in [7, 11) is -5.87. The molecular formula is C40H44F2N7O9P. The van der Waals surface area contributed by atoms with Gasteiger partial charge in [-0.15, -0.1) is 0 Å². The number of primary amides is 1. The van der Waals surface area contributed by atoms with E-state index in [0.29, 0.717) is 12.8 Å². The van der Waals surface area contributed by atoms with Gasteiger partial charge in [0.15, 0.2) is 0 Å². The van der Waals surface area contributed by atoms with Gasteiger partial charge in [-0.2, -0.15) is 8.78 Å². The van der Waals surface area contributed by atoms with E-state index in [2.05, 4.69) is 20.9 Å². The molecule has 2 aliphatic heterocycles. The number of aromatic nitrogens is 1. The van der Waals surface area contributed by atoms with Gasteiger partial charge in [0.25, 0.3) is 5.91 Å². The molecule has 4 aromatic rings. The Bertz CT molecular complexity index is 2250. The van der Waals surface area contributed by atoms with E-state index in [0.717, 1.165) is 29.3 Å². The maximum atomic E-state index is 14.4. The highest BCUT2D eigenvalue weighted by Crippen LogP contribution is 2.59. The van der Waals surface area contributed by atoms with Crippen molar-refractivity contribution in [3.63, 3.8) is 0 Å². The average Bonchev–Trinajstić information content (AvgIpc) is 3.83. The largest absolute Gasteiger partial charge is 0.399 e. The minimum atomic E-state index is -5.87. The minimum absolute atomic E-state index is 0.0280. The number of amides is 6. The Morgan fingerprint density at radius 2 is 1.58 bits per heavy atom.